The van der Waals surface area contributed by atoms with E-state index in [4.69, 9.17) is 28.7 Å². The third-order valence-electron chi connectivity index (χ3n) is 4.66. The van der Waals surface area contributed by atoms with Gasteiger partial charge in [-0.2, -0.15) is 18.3 Å². The topological polar surface area (TPSA) is 119 Å². The number of rotatable bonds is 7. The number of carbonyl (C=O) groups excluding carboxylic acids is 2. The summed E-state index contributed by atoms with van der Waals surface area (Å²) in [5.74, 6) is -1.32. The van der Waals surface area contributed by atoms with Gasteiger partial charge in [0.25, 0.3) is 11.8 Å². The summed E-state index contributed by atoms with van der Waals surface area (Å²) in [6.45, 7) is 0.0578. The molecule has 3 aromatic rings. The molecule has 0 saturated heterocycles. The summed E-state index contributed by atoms with van der Waals surface area (Å²) in [6.07, 6.45) is -3.64. The van der Waals surface area contributed by atoms with Crippen molar-refractivity contribution >= 4 is 46.9 Å². The predicted molar refractivity (Wildman–Crippen MR) is 130 cm³/mol. The molecule has 8 nitrogen and oxygen atoms in total. The Morgan fingerprint density at radius 2 is 1.81 bits per heavy atom. The van der Waals surface area contributed by atoms with Crippen LogP contribution in [0, 0.1) is 0 Å². The largest absolute Gasteiger partial charge is 0.417 e. The lowest BCUT2D eigenvalue weighted by Crippen LogP contribution is -2.21. The van der Waals surface area contributed by atoms with Crippen molar-refractivity contribution in [3.05, 3.63) is 109 Å². The Hall–Kier alpha value is -4.05. The predicted octanol–water partition coefficient (Wildman–Crippen LogP) is 6.84. The van der Waals surface area contributed by atoms with Crippen LogP contribution >= 0.6 is 23.2 Å². The second-order valence-corrected chi connectivity index (χ2v) is 8.01. The van der Waals surface area contributed by atoms with E-state index in [0.717, 1.165) is 18.3 Å². The van der Waals surface area contributed by atoms with E-state index < -0.39 is 28.6 Å². The Kier molecular flexibility index (Phi) is 8.55. The number of halogens is 5. The van der Waals surface area contributed by atoms with E-state index in [9.17, 15) is 22.8 Å². The van der Waals surface area contributed by atoms with Crippen LogP contribution in [-0.2, 0) is 12.7 Å². The van der Waals surface area contributed by atoms with Gasteiger partial charge < -0.3 is 5.32 Å². The van der Waals surface area contributed by atoms with Crippen molar-refractivity contribution in [2.75, 3.05) is 5.32 Å². The summed E-state index contributed by atoms with van der Waals surface area (Å²) in [5, 5.41) is 9.48. The van der Waals surface area contributed by atoms with Crippen LogP contribution in [-0.4, -0.2) is 18.0 Å². The SMILES string of the molecule is [N-]=[N+]=NCc1cccc(C(=O)Nc2ccc(Cl)cc2C(=O)NN=Cc2ccc(Cl)c(C(F)(F)F)c2)c1. The van der Waals surface area contributed by atoms with Gasteiger partial charge in [-0.15, -0.1) is 0 Å². The second kappa shape index (κ2) is 11.6. The molecule has 0 spiro atoms. The van der Waals surface area contributed by atoms with Crippen LogP contribution in [0.15, 0.2) is 70.9 Å². The minimum Gasteiger partial charge on any atom is -0.321 e. The number of alkyl halides is 3. The number of hydrogen-bond donors (Lipinski definition) is 2. The number of hydrazone groups is 1. The lowest BCUT2D eigenvalue weighted by molar-refractivity contribution is -0.137. The fraction of sp³-hybridized carbons (Fsp3) is 0.0870. The molecule has 13 heteroatoms. The van der Waals surface area contributed by atoms with E-state index in [-0.39, 0.29) is 33.9 Å². The van der Waals surface area contributed by atoms with Crippen LogP contribution in [0.3, 0.4) is 0 Å². The molecular weight excluding hydrogens is 520 g/mol. The summed E-state index contributed by atoms with van der Waals surface area (Å²) < 4.78 is 39.1. The number of azide groups is 1. The molecule has 0 saturated carbocycles. The number of carbonyl (C=O) groups is 2. The third kappa shape index (κ3) is 6.98. The molecule has 0 heterocycles. The molecule has 0 aliphatic carbocycles. The Morgan fingerprint density at radius 3 is 2.53 bits per heavy atom. The first-order valence-electron chi connectivity index (χ1n) is 9.99. The standard InChI is InChI=1S/C23H15Cl2F3N6O2/c24-16-5-7-20(32-21(35)15-3-1-2-13(8-15)12-31-34-29)17(10-16)22(36)33-30-11-14-4-6-19(25)18(9-14)23(26,27)28/h1-11H,12H2,(H,32,35)(H,33,36). The van der Waals surface area contributed by atoms with Gasteiger partial charge >= 0.3 is 6.18 Å². The highest BCUT2D eigenvalue weighted by Crippen LogP contribution is 2.34. The number of anilines is 1. The summed E-state index contributed by atoms with van der Waals surface area (Å²) in [7, 11) is 0. The lowest BCUT2D eigenvalue weighted by atomic mass is 10.1. The van der Waals surface area contributed by atoms with Gasteiger partial charge in [-0.3, -0.25) is 9.59 Å². The minimum absolute atomic E-state index is 0.0367. The van der Waals surface area contributed by atoms with E-state index in [1.807, 2.05) is 0 Å². The Bertz CT molecular complexity index is 1390. The molecule has 0 fully saturated rings. The van der Waals surface area contributed by atoms with E-state index in [1.165, 1.54) is 36.4 Å². The monoisotopic (exact) mass is 534 g/mol. The maximum absolute atomic E-state index is 13.0. The van der Waals surface area contributed by atoms with E-state index in [2.05, 4.69) is 25.9 Å². The van der Waals surface area contributed by atoms with Crippen LogP contribution in [0.1, 0.15) is 37.4 Å². The third-order valence-corrected chi connectivity index (χ3v) is 5.22. The number of amides is 2. The summed E-state index contributed by atoms with van der Waals surface area (Å²) in [6, 6.07) is 13.7. The summed E-state index contributed by atoms with van der Waals surface area (Å²) >= 11 is 11.6. The van der Waals surface area contributed by atoms with Crippen molar-refractivity contribution in [2.45, 2.75) is 12.7 Å². The Labute approximate surface area is 212 Å². The maximum atomic E-state index is 13.0. The first kappa shape index (κ1) is 26.6. The molecule has 2 N–H and O–H groups in total. The average molecular weight is 535 g/mol. The van der Waals surface area contributed by atoms with Crippen LogP contribution in [0.5, 0.6) is 0 Å². The first-order valence-corrected chi connectivity index (χ1v) is 10.7. The fourth-order valence-corrected chi connectivity index (χ4v) is 3.39. The van der Waals surface area contributed by atoms with Gasteiger partial charge in [0.1, 0.15) is 0 Å². The number of nitrogens with one attached hydrogen (secondary N) is 2. The van der Waals surface area contributed by atoms with Crippen LogP contribution in [0.25, 0.3) is 10.4 Å². The van der Waals surface area contributed by atoms with Crippen LogP contribution in [0.2, 0.25) is 10.0 Å². The molecule has 0 radical (unpaired) electrons. The highest BCUT2D eigenvalue weighted by Gasteiger charge is 2.33. The van der Waals surface area contributed by atoms with Gasteiger partial charge in [0.05, 0.1) is 34.6 Å². The highest BCUT2D eigenvalue weighted by molar-refractivity contribution is 6.31. The average Bonchev–Trinajstić information content (AvgIpc) is 2.84. The normalized spacial score (nSPS) is 11.1. The van der Waals surface area contributed by atoms with Gasteiger partial charge in [0.2, 0.25) is 0 Å². The van der Waals surface area contributed by atoms with Gasteiger partial charge in [-0.05, 0) is 59.1 Å². The zero-order chi connectivity index (χ0) is 26.3. The van der Waals surface area contributed by atoms with Gasteiger partial charge in [-0.25, -0.2) is 5.43 Å². The molecule has 2 amide bonds. The molecule has 3 rings (SSSR count). The second-order valence-electron chi connectivity index (χ2n) is 7.17. The Morgan fingerprint density at radius 1 is 1.03 bits per heavy atom. The lowest BCUT2D eigenvalue weighted by Gasteiger charge is -2.11. The van der Waals surface area contributed by atoms with E-state index in [1.54, 1.807) is 12.1 Å². The van der Waals surface area contributed by atoms with Gasteiger partial charge in [-0.1, -0.05) is 46.5 Å². The van der Waals surface area contributed by atoms with Crippen molar-refractivity contribution in [2.24, 2.45) is 10.2 Å². The number of hydrogen-bond acceptors (Lipinski definition) is 4. The molecule has 0 aliphatic rings. The smallest absolute Gasteiger partial charge is 0.321 e. The summed E-state index contributed by atoms with van der Waals surface area (Å²) in [4.78, 5) is 28.1. The minimum atomic E-state index is -4.65. The van der Waals surface area contributed by atoms with Crippen molar-refractivity contribution in [1.29, 1.82) is 0 Å². The van der Waals surface area contributed by atoms with Gasteiger partial charge in [0, 0.05) is 15.5 Å². The molecule has 0 bridgehead atoms. The quantitative estimate of drug-likeness (QED) is 0.113. The fourth-order valence-electron chi connectivity index (χ4n) is 3.00. The van der Waals surface area contributed by atoms with Crippen molar-refractivity contribution < 1.29 is 22.8 Å². The zero-order valence-electron chi connectivity index (χ0n) is 18.1. The van der Waals surface area contributed by atoms with Crippen LogP contribution < -0.4 is 10.7 Å². The van der Waals surface area contributed by atoms with Crippen molar-refractivity contribution in [3.63, 3.8) is 0 Å². The molecule has 3 aromatic carbocycles. The molecule has 0 atom stereocenters. The number of nitrogens with zero attached hydrogens (tertiary/aromatic N) is 4. The van der Waals surface area contributed by atoms with Crippen molar-refractivity contribution in [3.8, 4) is 0 Å². The van der Waals surface area contributed by atoms with E-state index >= 15 is 0 Å². The van der Waals surface area contributed by atoms with E-state index in [0.29, 0.717) is 5.56 Å². The van der Waals surface area contributed by atoms with Crippen molar-refractivity contribution in [1.82, 2.24) is 5.43 Å². The van der Waals surface area contributed by atoms with Crippen LogP contribution in [0.4, 0.5) is 18.9 Å². The molecular formula is C23H15Cl2F3N6O2. The maximum Gasteiger partial charge on any atom is 0.417 e. The molecule has 0 aromatic heterocycles. The zero-order valence-corrected chi connectivity index (χ0v) is 19.6. The first-order chi connectivity index (χ1) is 17.1. The van der Waals surface area contributed by atoms with Gasteiger partial charge in [0.15, 0.2) is 0 Å². The molecule has 36 heavy (non-hydrogen) atoms. The number of benzene rings is 3. The molecule has 0 aliphatic heterocycles. The summed E-state index contributed by atoms with van der Waals surface area (Å²) in [5.41, 5.74) is 10.6. The highest BCUT2D eigenvalue weighted by atomic mass is 35.5. The Balaban J connectivity index is 1.77. The molecule has 0 unspecified atom stereocenters. The molecule has 184 valence electrons.